The molecule has 0 spiro atoms. The van der Waals surface area contributed by atoms with E-state index < -0.39 is 11.5 Å². The van der Waals surface area contributed by atoms with Crippen molar-refractivity contribution in [2.45, 2.75) is 19.9 Å². The van der Waals surface area contributed by atoms with Gasteiger partial charge < -0.3 is 9.47 Å². The van der Waals surface area contributed by atoms with Crippen molar-refractivity contribution in [2.24, 2.45) is 7.05 Å². The minimum Gasteiger partial charge on any atom is -0.481 e. The highest BCUT2D eigenvalue weighted by atomic mass is 16.7. The molecule has 0 radical (unpaired) electrons. The van der Waals surface area contributed by atoms with Crippen LogP contribution in [0.15, 0.2) is 65.5 Å². The van der Waals surface area contributed by atoms with Gasteiger partial charge in [0.15, 0.2) is 5.69 Å². The lowest BCUT2D eigenvalue weighted by Gasteiger charge is -2.17. The molecule has 0 saturated carbocycles. The van der Waals surface area contributed by atoms with Crippen molar-refractivity contribution < 1.29 is 19.1 Å². The standard InChI is InChI=1S/C22H25N3O5/c1-23-22(27)20(30-15-18-12-8-5-9-13-18)19(21(26)24(2)28-3)25(23)16-29-14-17-10-6-4-7-11-17/h4-13H,14-16H2,1-3H3. The smallest absolute Gasteiger partial charge is 0.309 e. The van der Waals surface area contributed by atoms with Crippen molar-refractivity contribution in [1.29, 1.82) is 0 Å². The summed E-state index contributed by atoms with van der Waals surface area (Å²) in [6.07, 6.45) is 0. The maximum absolute atomic E-state index is 12.9. The fourth-order valence-corrected chi connectivity index (χ4v) is 2.90. The number of hydrogen-bond acceptors (Lipinski definition) is 5. The Morgan fingerprint density at radius 1 is 0.967 bits per heavy atom. The first-order chi connectivity index (χ1) is 14.5. The number of benzene rings is 2. The lowest BCUT2D eigenvalue weighted by Crippen LogP contribution is -2.29. The molecule has 30 heavy (non-hydrogen) atoms. The third-order valence-corrected chi connectivity index (χ3v) is 4.64. The van der Waals surface area contributed by atoms with E-state index >= 15 is 0 Å². The summed E-state index contributed by atoms with van der Waals surface area (Å²) in [5.74, 6) is -0.555. The number of hydroxylamine groups is 2. The van der Waals surface area contributed by atoms with E-state index in [0.29, 0.717) is 6.61 Å². The topological polar surface area (TPSA) is 74.9 Å². The Bertz CT molecular complexity index is 1030. The second-order valence-electron chi connectivity index (χ2n) is 6.63. The summed E-state index contributed by atoms with van der Waals surface area (Å²) in [4.78, 5) is 30.8. The predicted octanol–water partition coefficient (Wildman–Crippen LogP) is 2.57. The zero-order valence-corrected chi connectivity index (χ0v) is 17.3. The number of hydrogen-bond donors (Lipinski definition) is 0. The third-order valence-electron chi connectivity index (χ3n) is 4.64. The minimum atomic E-state index is -0.512. The van der Waals surface area contributed by atoms with Crippen LogP contribution >= 0.6 is 0 Å². The lowest BCUT2D eigenvalue weighted by molar-refractivity contribution is -0.0772. The van der Waals surface area contributed by atoms with Crippen molar-refractivity contribution in [3.05, 3.63) is 87.8 Å². The third kappa shape index (κ3) is 4.79. The lowest BCUT2D eigenvalue weighted by atomic mass is 10.2. The van der Waals surface area contributed by atoms with E-state index in [1.807, 2.05) is 60.7 Å². The largest absolute Gasteiger partial charge is 0.481 e. The van der Waals surface area contributed by atoms with Crippen LogP contribution in [0, 0.1) is 0 Å². The van der Waals surface area contributed by atoms with Crippen molar-refractivity contribution in [2.75, 3.05) is 14.2 Å². The van der Waals surface area contributed by atoms with Crippen molar-refractivity contribution in [3.8, 4) is 5.75 Å². The number of ether oxygens (including phenoxy) is 2. The van der Waals surface area contributed by atoms with Gasteiger partial charge in [0, 0.05) is 14.1 Å². The fourth-order valence-electron chi connectivity index (χ4n) is 2.90. The number of carbonyl (C=O) groups excluding carboxylic acids is 1. The quantitative estimate of drug-likeness (QED) is 0.506. The summed E-state index contributed by atoms with van der Waals surface area (Å²) < 4.78 is 14.3. The molecule has 0 N–H and O–H groups in total. The van der Waals surface area contributed by atoms with Crippen molar-refractivity contribution in [3.63, 3.8) is 0 Å². The molecule has 0 bridgehead atoms. The Morgan fingerprint density at radius 2 is 1.53 bits per heavy atom. The highest BCUT2D eigenvalue weighted by molar-refractivity contribution is 5.94. The summed E-state index contributed by atoms with van der Waals surface area (Å²) in [6, 6.07) is 19.1. The number of amides is 1. The molecule has 0 unspecified atom stereocenters. The normalized spacial score (nSPS) is 10.8. The van der Waals surface area contributed by atoms with Gasteiger partial charge in [-0.25, -0.2) is 14.4 Å². The zero-order chi connectivity index (χ0) is 21.5. The van der Waals surface area contributed by atoms with Crippen LogP contribution in [-0.2, 0) is 36.6 Å². The highest BCUT2D eigenvalue weighted by Gasteiger charge is 2.28. The van der Waals surface area contributed by atoms with Crippen molar-refractivity contribution >= 4 is 5.91 Å². The minimum absolute atomic E-state index is 0.00599. The first-order valence-corrected chi connectivity index (χ1v) is 9.43. The van der Waals surface area contributed by atoms with Gasteiger partial charge in [0.1, 0.15) is 13.3 Å². The molecule has 2 aromatic carbocycles. The van der Waals surface area contributed by atoms with E-state index in [1.54, 1.807) is 7.05 Å². The molecule has 8 nitrogen and oxygen atoms in total. The molecule has 3 aromatic rings. The van der Waals surface area contributed by atoms with Gasteiger partial charge in [0.05, 0.1) is 13.7 Å². The first kappa shape index (κ1) is 21.4. The summed E-state index contributed by atoms with van der Waals surface area (Å²) in [5.41, 5.74) is 1.50. The van der Waals surface area contributed by atoms with Crippen LogP contribution in [0.2, 0.25) is 0 Å². The molecule has 1 heterocycles. The van der Waals surface area contributed by atoms with Gasteiger partial charge in [-0.2, -0.15) is 0 Å². The number of aromatic nitrogens is 2. The fraction of sp³-hybridized carbons (Fsp3) is 0.273. The van der Waals surface area contributed by atoms with E-state index in [2.05, 4.69) is 0 Å². The zero-order valence-electron chi connectivity index (χ0n) is 17.3. The predicted molar refractivity (Wildman–Crippen MR) is 111 cm³/mol. The SMILES string of the molecule is CON(C)C(=O)c1c(OCc2ccccc2)c(=O)n(C)n1COCc1ccccc1. The maximum Gasteiger partial charge on any atom is 0.309 e. The molecule has 0 aliphatic rings. The van der Waals surface area contributed by atoms with Crippen LogP contribution in [0.1, 0.15) is 21.6 Å². The van der Waals surface area contributed by atoms with Gasteiger partial charge in [-0.15, -0.1) is 0 Å². The van der Waals surface area contributed by atoms with E-state index in [1.165, 1.54) is 23.5 Å². The summed E-state index contributed by atoms with van der Waals surface area (Å²) >= 11 is 0. The summed E-state index contributed by atoms with van der Waals surface area (Å²) in [7, 11) is 4.41. The van der Waals surface area contributed by atoms with Gasteiger partial charge in [0.25, 0.3) is 5.91 Å². The Kier molecular flexibility index (Phi) is 7.05. The van der Waals surface area contributed by atoms with Gasteiger partial charge in [0.2, 0.25) is 5.75 Å². The molecule has 0 saturated heterocycles. The van der Waals surface area contributed by atoms with E-state index in [-0.39, 0.29) is 24.8 Å². The van der Waals surface area contributed by atoms with Crippen LogP contribution in [0.3, 0.4) is 0 Å². The Morgan fingerprint density at radius 3 is 2.10 bits per heavy atom. The first-order valence-electron chi connectivity index (χ1n) is 9.43. The molecule has 8 heteroatoms. The number of nitrogens with zero attached hydrogens (tertiary/aromatic N) is 3. The average Bonchev–Trinajstić information content (AvgIpc) is 3.02. The molecule has 0 aliphatic heterocycles. The molecule has 0 fully saturated rings. The Labute approximate surface area is 174 Å². The number of carbonyl (C=O) groups is 1. The molecule has 0 aliphatic carbocycles. The van der Waals surface area contributed by atoms with Crippen LogP contribution in [0.5, 0.6) is 5.75 Å². The summed E-state index contributed by atoms with van der Waals surface area (Å²) in [6.45, 7) is 0.483. The molecular formula is C22H25N3O5. The van der Waals surface area contributed by atoms with Gasteiger partial charge in [-0.05, 0) is 11.1 Å². The average molecular weight is 411 g/mol. The Balaban J connectivity index is 1.88. The second kappa shape index (κ2) is 9.91. The van der Waals surface area contributed by atoms with E-state index in [4.69, 9.17) is 14.3 Å². The van der Waals surface area contributed by atoms with Crippen molar-refractivity contribution in [1.82, 2.24) is 14.4 Å². The maximum atomic E-state index is 12.9. The molecule has 1 amide bonds. The summed E-state index contributed by atoms with van der Waals surface area (Å²) in [5, 5.41) is 1.04. The molecule has 3 rings (SSSR count). The van der Waals surface area contributed by atoms with E-state index in [9.17, 15) is 9.59 Å². The van der Waals surface area contributed by atoms with Crippen LogP contribution in [0.4, 0.5) is 0 Å². The molecule has 0 atom stereocenters. The van der Waals surface area contributed by atoms with Crippen LogP contribution < -0.4 is 10.3 Å². The van der Waals surface area contributed by atoms with Crippen LogP contribution in [0.25, 0.3) is 0 Å². The second-order valence-corrected chi connectivity index (χ2v) is 6.63. The van der Waals surface area contributed by atoms with E-state index in [0.717, 1.165) is 16.2 Å². The van der Waals surface area contributed by atoms with Gasteiger partial charge in [-0.3, -0.25) is 14.4 Å². The monoisotopic (exact) mass is 411 g/mol. The molecule has 158 valence electrons. The number of rotatable bonds is 9. The van der Waals surface area contributed by atoms with Gasteiger partial charge >= 0.3 is 5.56 Å². The molecule has 1 aromatic heterocycles. The van der Waals surface area contributed by atoms with Gasteiger partial charge in [-0.1, -0.05) is 60.7 Å². The Hall–Kier alpha value is -3.36. The highest BCUT2D eigenvalue weighted by Crippen LogP contribution is 2.19. The molecular weight excluding hydrogens is 386 g/mol. The van der Waals surface area contributed by atoms with Crippen LogP contribution in [-0.4, -0.2) is 34.5 Å².